The van der Waals surface area contributed by atoms with Gasteiger partial charge in [0.15, 0.2) is 9.84 Å². The fraction of sp³-hybridized carbons (Fsp3) is 0.538. The summed E-state index contributed by atoms with van der Waals surface area (Å²) in [5.41, 5.74) is -0.180. The lowest BCUT2D eigenvalue weighted by molar-refractivity contribution is 0.00578. The lowest BCUT2D eigenvalue weighted by Gasteiger charge is -2.32. The monoisotopic (exact) mass is 316 g/mol. The first-order valence-corrected chi connectivity index (χ1v) is 8.56. The fourth-order valence-electron chi connectivity index (χ4n) is 1.94. The number of hydrogen-bond acceptors (Lipinski definition) is 4. The minimum atomic E-state index is -3.33. The molecule has 0 unspecified atom stereocenters. The smallest absolute Gasteiger partial charge is 0.399 e. The number of benzene rings is 1. The molecule has 1 aliphatic rings. The molecule has 20 heavy (non-hydrogen) atoms. The highest BCUT2D eigenvalue weighted by atomic mass is 35.5. The van der Waals surface area contributed by atoms with Gasteiger partial charge in [-0.1, -0.05) is 17.7 Å². The molecule has 0 spiro atoms. The molecule has 1 saturated heterocycles. The van der Waals surface area contributed by atoms with E-state index in [2.05, 4.69) is 0 Å². The zero-order chi connectivity index (χ0) is 15.3. The lowest BCUT2D eigenvalue weighted by atomic mass is 9.79. The first kappa shape index (κ1) is 15.8. The van der Waals surface area contributed by atoms with E-state index in [1.54, 1.807) is 12.1 Å². The highest BCUT2D eigenvalue weighted by Crippen LogP contribution is 2.36. The zero-order valence-corrected chi connectivity index (χ0v) is 13.8. The Kier molecular flexibility index (Phi) is 3.74. The summed E-state index contributed by atoms with van der Waals surface area (Å²) in [7, 11) is -3.88. The Labute approximate surface area is 125 Å². The molecule has 0 atom stereocenters. The predicted molar refractivity (Wildman–Crippen MR) is 80.3 cm³/mol. The molecule has 1 fully saturated rings. The molecular formula is C13H18BClO4S. The number of sulfone groups is 1. The average Bonchev–Trinajstić information content (AvgIpc) is 2.46. The maximum Gasteiger partial charge on any atom is 0.494 e. The Morgan fingerprint density at radius 3 is 2.00 bits per heavy atom. The van der Waals surface area contributed by atoms with E-state index < -0.39 is 28.2 Å². The Morgan fingerprint density at radius 2 is 1.60 bits per heavy atom. The molecule has 110 valence electrons. The van der Waals surface area contributed by atoms with Crippen molar-refractivity contribution in [3.8, 4) is 0 Å². The van der Waals surface area contributed by atoms with Gasteiger partial charge in [0.1, 0.15) is 0 Å². The summed E-state index contributed by atoms with van der Waals surface area (Å²) in [6, 6.07) is 4.74. The van der Waals surface area contributed by atoms with Crippen molar-refractivity contribution in [3.63, 3.8) is 0 Å². The van der Waals surface area contributed by atoms with E-state index in [9.17, 15) is 8.42 Å². The van der Waals surface area contributed by atoms with E-state index in [0.717, 1.165) is 6.26 Å². The highest BCUT2D eigenvalue weighted by molar-refractivity contribution is 7.90. The molecule has 0 saturated carbocycles. The van der Waals surface area contributed by atoms with Crippen molar-refractivity contribution in [2.24, 2.45) is 0 Å². The van der Waals surface area contributed by atoms with E-state index in [-0.39, 0.29) is 9.92 Å². The number of rotatable bonds is 2. The summed E-state index contributed by atoms with van der Waals surface area (Å²) in [6.45, 7) is 7.83. The highest BCUT2D eigenvalue weighted by Gasteiger charge is 2.51. The van der Waals surface area contributed by atoms with E-state index in [4.69, 9.17) is 20.9 Å². The SMILES string of the molecule is CC1(C)OB(c2ccc(S(C)(=O)=O)c(Cl)c2)OC1(C)C. The summed E-state index contributed by atoms with van der Waals surface area (Å²) in [4.78, 5) is 0.111. The molecule has 0 N–H and O–H groups in total. The van der Waals surface area contributed by atoms with Gasteiger partial charge in [0.2, 0.25) is 0 Å². The van der Waals surface area contributed by atoms with Crippen molar-refractivity contribution in [1.82, 2.24) is 0 Å². The molecule has 0 aliphatic carbocycles. The molecule has 0 amide bonds. The molecule has 2 rings (SSSR count). The zero-order valence-electron chi connectivity index (χ0n) is 12.2. The second kappa shape index (κ2) is 4.73. The van der Waals surface area contributed by atoms with Crippen LogP contribution in [0.25, 0.3) is 0 Å². The first-order chi connectivity index (χ1) is 8.94. The van der Waals surface area contributed by atoms with E-state index >= 15 is 0 Å². The second-order valence-corrected chi connectivity index (χ2v) is 8.44. The Bertz CT molecular complexity index is 624. The van der Waals surface area contributed by atoms with Crippen LogP contribution in [0.3, 0.4) is 0 Å². The van der Waals surface area contributed by atoms with Crippen LogP contribution < -0.4 is 5.46 Å². The maximum atomic E-state index is 11.5. The fourth-order valence-corrected chi connectivity index (χ4v) is 3.28. The van der Waals surface area contributed by atoms with Gasteiger partial charge in [0, 0.05) is 6.26 Å². The standard InChI is InChI=1S/C13H18BClO4S/c1-12(2)13(3,4)19-14(18-12)9-6-7-11(10(15)8-9)20(5,16)17/h6-8H,1-5H3. The van der Waals surface area contributed by atoms with Gasteiger partial charge < -0.3 is 9.31 Å². The topological polar surface area (TPSA) is 52.6 Å². The third-order valence-electron chi connectivity index (χ3n) is 3.88. The molecule has 0 bridgehead atoms. The van der Waals surface area contributed by atoms with E-state index in [1.165, 1.54) is 6.07 Å². The van der Waals surface area contributed by atoms with Gasteiger partial charge in [0.05, 0.1) is 21.1 Å². The third-order valence-corrected chi connectivity index (χ3v) is 5.46. The molecule has 1 heterocycles. The summed E-state index contributed by atoms with van der Waals surface area (Å²) >= 11 is 6.04. The van der Waals surface area contributed by atoms with Crippen LogP contribution in [-0.4, -0.2) is 33.0 Å². The van der Waals surface area contributed by atoms with Crippen LogP contribution in [0, 0.1) is 0 Å². The molecule has 0 radical (unpaired) electrons. The van der Waals surface area contributed by atoms with E-state index in [1.807, 2.05) is 27.7 Å². The van der Waals surface area contributed by atoms with E-state index in [0.29, 0.717) is 5.46 Å². The van der Waals surface area contributed by atoms with Gasteiger partial charge in [-0.2, -0.15) is 0 Å². The van der Waals surface area contributed by atoms with Gasteiger partial charge >= 0.3 is 7.12 Å². The van der Waals surface area contributed by atoms with Crippen LogP contribution in [0.1, 0.15) is 27.7 Å². The van der Waals surface area contributed by atoms with Crippen molar-refractivity contribution in [3.05, 3.63) is 23.2 Å². The van der Waals surface area contributed by atoms with Gasteiger partial charge in [0.25, 0.3) is 0 Å². The summed E-state index contributed by atoms with van der Waals surface area (Å²) < 4.78 is 34.9. The Hall–Kier alpha value is -0.555. The second-order valence-electron chi connectivity index (χ2n) is 6.05. The third kappa shape index (κ3) is 2.75. The lowest BCUT2D eigenvalue weighted by Crippen LogP contribution is -2.41. The van der Waals surface area contributed by atoms with Crippen LogP contribution in [0.15, 0.2) is 23.1 Å². The van der Waals surface area contributed by atoms with Crippen molar-refractivity contribution < 1.29 is 17.7 Å². The molecule has 1 aromatic carbocycles. The Balaban J connectivity index is 2.36. The Morgan fingerprint density at radius 1 is 1.10 bits per heavy atom. The molecule has 7 heteroatoms. The first-order valence-electron chi connectivity index (χ1n) is 6.29. The molecule has 0 aromatic heterocycles. The molecule has 4 nitrogen and oxygen atoms in total. The number of halogens is 1. The quantitative estimate of drug-likeness (QED) is 0.784. The molecule has 1 aromatic rings. The van der Waals surface area contributed by atoms with Crippen LogP contribution in [0.2, 0.25) is 5.02 Å². The maximum absolute atomic E-state index is 11.5. The minimum Gasteiger partial charge on any atom is -0.399 e. The summed E-state index contributed by atoms with van der Waals surface area (Å²) in [6.07, 6.45) is 1.13. The van der Waals surface area contributed by atoms with Gasteiger partial charge in [-0.05, 0) is 45.3 Å². The largest absolute Gasteiger partial charge is 0.494 e. The van der Waals surface area contributed by atoms with Gasteiger partial charge in [-0.25, -0.2) is 8.42 Å². The molecule has 1 aliphatic heterocycles. The summed E-state index contributed by atoms with van der Waals surface area (Å²) in [5, 5.41) is 0.180. The van der Waals surface area contributed by atoms with Crippen molar-refractivity contribution in [2.75, 3.05) is 6.26 Å². The van der Waals surface area contributed by atoms with Gasteiger partial charge in [-0.15, -0.1) is 0 Å². The predicted octanol–water partition coefficient (Wildman–Crippen LogP) is 2.04. The van der Waals surface area contributed by atoms with Crippen molar-refractivity contribution >= 4 is 34.0 Å². The summed E-state index contributed by atoms with van der Waals surface area (Å²) in [5.74, 6) is 0. The number of hydrogen-bond donors (Lipinski definition) is 0. The van der Waals surface area contributed by atoms with Crippen molar-refractivity contribution in [2.45, 2.75) is 43.8 Å². The van der Waals surface area contributed by atoms with Crippen LogP contribution in [0.4, 0.5) is 0 Å². The average molecular weight is 317 g/mol. The van der Waals surface area contributed by atoms with Crippen LogP contribution in [-0.2, 0) is 19.1 Å². The van der Waals surface area contributed by atoms with Gasteiger partial charge in [-0.3, -0.25) is 0 Å². The van der Waals surface area contributed by atoms with Crippen LogP contribution in [0.5, 0.6) is 0 Å². The minimum absolute atomic E-state index is 0.111. The van der Waals surface area contributed by atoms with Crippen LogP contribution >= 0.6 is 11.6 Å². The molecular weight excluding hydrogens is 298 g/mol. The van der Waals surface area contributed by atoms with Crippen molar-refractivity contribution in [1.29, 1.82) is 0 Å². The normalized spacial score (nSPS) is 21.2.